The first-order valence-electron chi connectivity index (χ1n) is 6.87. The quantitative estimate of drug-likeness (QED) is 0.452. The molecule has 0 saturated heterocycles. The predicted molar refractivity (Wildman–Crippen MR) is 95.5 cm³/mol. The molecule has 0 radical (unpaired) electrons. The van der Waals surface area contributed by atoms with Gasteiger partial charge in [0.25, 0.3) is 0 Å². The standard InChI is InChI=1S/C17H11IN4/c1-10-8-19-16-12(7-14(18)17-13(16)9-20-22-17)15(21-10)11-5-3-2-4-6-11/h2-9H,1H3. The van der Waals surface area contributed by atoms with E-state index in [1.807, 2.05) is 25.1 Å². The second kappa shape index (κ2) is 5.24. The van der Waals surface area contributed by atoms with Crippen molar-refractivity contribution in [3.05, 3.63) is 58.1 Å². The molecule has 106 valence electrons. The minimum Gasteiger partial charge on any atom is -0.254 e. The zero-order valence-electron chi connectivity index (χ0n) is 11.8. The fourth-order valence-electron chi connectivity index (χ4n) is 2.58. The molecule has 0 fully saturated rings. The number of fused-ring (bicyclic) bond motifs is 3. The van der Waals surface area contributed by atoms with E-state index < -0.39 is 0 Å². The van der Waals surface area contributed by atoms with E-state index in [4.69, 9.17) is 4.98 Å². The SMILES string of the molecule is Cc1cnc2c(cc(I)c3nncc32)c(-c2ccccc2)n1. The van der Waals surface area contributed by atoms with Crippen LogP contribution in [0.5, 0.6) is 0 Å². The zero-order valence-corrected chi connectivity index (χ0v) is 13.9. The first-order valence-corrected chi connectivity index (χ1v) is 7.94. The monoisotopic (exact) mass is 398 g/mol. The van der Waals surface area contributed by atoms with Crippen LogP contribution in [0.4, 0.5) is 0 Å². The van der Waals surface area contributed by atoms with Gasteiger partial charge in [-0.1, -0.05) is 30.3 Å². The van der Waals surface area contributed by atoms with Crippen LogP contribution in [0.3, 0.4) is 0 Å². The Bertz CT molecular complexity index is 999. The molecule has 4 nitrogen and oxygen atoms in total. The van der Waals surface area contributed by atoms with Crippen molar-refractivity contribution in [2.75, 3.05) is 0 Å². The van der Waals surface area contributed by atoms with Crippen LogP contribution >= 0.6 is 22.6 Å². The van der Waals surface area contributed by atoms with Crippen molar-refractivity contribution in [1.29, 1.82) is 0 Å². The molecule has 4 aromatic rings. The van der Waals surface area contributed by atoms with Crippen molar-refractivity contribution < 1.29 is 0 Å². The second-order valence-electron chi connectivity index (χ2n) is 5.09. The summed E-state index contributed by atoms with van der Waals surface area (Å²) in [5.41, 5.74) is 4.68. The molecule has 4 rings (SSSR count). The van der Waals surface area contributed by atoms with E-state index >= 15 is 0 Å². The summed E-state index contributed by atoms with van der Waals surface area (Å²) in [6, 6.07) is 12.3. The molecule has 0 bridgehead atoms. The minimum atomic E-state index is 0.880. The van der Waals surface area contributed by atoms with Gasteiger partial charge in [-0.25, -0.2) is 0 Å². The van der Waals surface area contributed by atoms with E-state index in [1.54, 1.807) is 12.4 Å². The van der Waals surface area contributed by atoms with Crippen LogP contribution in [0, 0.1) is 10.5 Å². The van der Waals surface area contributed by atoms with Gasteiger partial charge in [0.1, 0.15) is 5.52 Å². The van der Waals surface area contributed by atoms with E-state index in [2.05, 4.69) is 56.0 Å². The fraction of sp³-hybridized carbons (Fsp3) is 0.0588. The van der Waals surface area contributed by atoms with E-state index in [-0.39, 0.29) is 0 Å². The molecule has 0 amide bonds. The summed E-state index contributed by atoms with van der Waals surface area (Å²) in [6.45, 7) is 1.96. The van der Waals surface area contributed by atoms with E-state index in [0.29, 0.717) is 0 Å². The van der Waals surface area contributed by atoms with E-state index in [9.17, 15) is 0 Å². The lowest BCUT2D eigenvalue weighted by molar-refractivity contribution is 1.12. The van der Waals surface area contributed by atoms with Crippen LogP contribution in [0.25, 0.3) is 33.1 Å². The third-order valence-electron chi connectivity index (χ3n) is 3.58. The van der Waals surface area contributed by atoms with Crippen LogP contribution in [-0.2, 0) is 0 Å². The molecular weight excluding hydrogens is 387 g/mol. The largest absolute Gasteiger partial charge is 0.254 e. The Balaban J connectivity index is 2.23. The summed E-state index contributed by atoms with van der Waals surface area (Å²) >= 11 is 2.29. The Kier molecular flexibility index (Phi) is 3.22. The number of halogens is 1. The van der Waals surface area contributed by atoms with Gasteiger partial charge in [0, 0.05) is 26.1 Å². The van der Waals surface area contributed by atoms with Gasteiger partial charge in [-0.3, -0.25) is 9.97 Å². The van der Waals surface area contributed by atoms with Gasteiger partial charge >= 0.3 is 0 Å². The molecular formula is C17H11IN4. The average Bonchev–Trinajstić information content (AvgIpc) is 2.97. The van der Waals surface area contributed by atoms with Gasteiger partial charge in [0.05, 0.1) is 23.1 Å². The van der Waals surface area contributed by atoms with Gasteiger partial charge in [0.2, 0.25) is 0 Å². The first-order chi connectivity index (χ1) is 10.7. The maximum absolute atomic E-state index is 4.76. The van der Waals surface area contributed by atoms with E-state index in [0.717, 1.165) is 42.3 Å². The number of rotatable bonds is 1. The van der Waals surface area contributed by atoms with Crippen molar-refractivity contribution in [2.45, 2.75) is 6.92 Å². The summed E-state index contributed by atoms with van der Waals surface area (Å²) < 4.78 is 1.06. The lowest BCUT2D eigenvalue weighted by Gasteiger charge is -2.03. The molecule has 2 aromatic heterocycles. The van der Waals surface area contributed by atoms with Crippen LogP contribution in [0.15, 0.2) is 48.8 Å². The summed E-state index contributed by atoms with van der Waals surface area (Å²) in [4.78, 5) is 9.38. The topological polar surface area (TPSA) is 51.6 Å². The third kappa shape index (κ3) is 2.12. The van der Waals surface area contributed by atoms with Crippen molar-refractivity contribution in [3.8, 4) is 11.3 Å². The summed E-state index contributed by atoms with van der Waals surface area (Å²) in [7, 11) is 0. The Hall–Kier alpha value is -2.15. The highest BCUT2D eigenvalue weighted by molar-refractivity contribution is 14.1. The molecule has 0 atom stereocenters. The van der Waals surface area contributed by atoms with Gasteiger partial charge in [0.15, 0.2) is 0 Å². The van der Waals surface area contributed by atoms with Crippen LogP contribution in [0.1, 0.15) is 5.69 Å². The number of hydrogen-bond donors (Lipinski definition) is 0. The third-order valence-corrected chi connectivity index (χ3v) is 4.40. The van der Waals surface area contributed by atoms with Crippen LogP contribution in [-0.4, -0.2) is 20.2 Å². The highest BCUT2D eigenvalue weighted by atomic mass is 127. The normalized spacial score (nSPS) is 11.2. The molecule has 0 N–H and O–H groups in total. The molecule has 5 heteroatoms. The molecule has 0 saturated carbocycles. The molecule has 0 aliphatic heterocycles. The van der Waals surface area contributed by atoms with E-state index in [1.165, 1.54) is 0 Å². The van der Waals surface area contributed by atoms with Crippen molar-refractivity contribution >= 4 is 44.4 Å². The highest BCUT2D eigenvalue weighted by Crippen LogP contribution is 2.32. The Morgan fingerprint density at radius 1 is 0.955 bits per heavy atom. The van der Waals surface area contributed by atoms with Crippen LogP contribution in [0.2, 0.25) is 0 Å². The molecule has 0 aliphatic rings. The first kappa shape index (κ1) is 13.5. The number of aromatic nitrogens is 4. The van der Waals surface area contributed by atoms with Crippen molar-refractivity contribution in [3.63, 3.8) is 0 Å². The van der Waals surface area contributed by atoms with Gasteiger partial charge in [-0.2, -0.15) is 5.10 Å². The molecule has 2 aromatic carbocycles. The molecule has 0 unspecified atom stereocenters. The summed E-state index contributed by atoms with van der Waals surface area (Å²) in [6.07, 6.45) is 3.57. The Labute approximate surface area is 140 Å². The number of benzene rings is 2. The number of hydrogen-bond acceptors (Lipinski definition) is 4. The number of aryl methyl sites for hydroxylation is 1. The van der Waals surface area contributed by atoms with Gasteiger partial charge in [-0.05, 0) is 35.6 Å². The lowest BCUT2D eigenvalue weighted by atomic mass is 10.1. The molecule has 22 heavy (non-hydrogen) atoms. The van der Waals surface area contributed by atoms with Gasteiger partial charge in [-0.15, -0.1) is 5.10 Å². The fourth-order valence-corrected chi connectivity index (χ4v) is 3.29. The molecule has 0 spiro atoms. The smallest absolute Gasteiger partial charge is 0.110 e. The molecule has 0 aliphatic carbocycles. The molecule has 2 heterocycles. The van der Waals surface area contributed by atoms with Crippen LogP contribution < -0.4 is 0 Å². The Morgan fingerprint density at radius 2 is 1.77 bits per heavy atom. The number of nitrogens with zero attached hydrogens (tertiary/aromatic N) is 4. The zero-order chi connectivity index (χ0) is 15.1. The van der Waals surface area contributed by atoms with Crippen molar-refractivity contribution in [2.24, 2.45) is 0 Å². The van der Waals surface area contributed by atoms with Crippen molar-refractivity contribution in [1.82, 2.24) is 20.2 Å². The maximum Gasteiger partial charge on any atom is 0.110 e. The minimum absolute atomic E-state index is 0.880. The highest BCUT2D eigenvalue weighted by Gasteiger charge is 2.13. The lowest BCUT2D eigenvalue weighted by Crippen LogP contribution is -1.86. The Morgan fingerprint density at radius 3 is 2.59 bits per heavy atom. The van der Waals surface area contributed by atoms with Gasteiger partial charge < -0.3 is 0 Å². The summed E-state index contributed by atoms with van der Waals surface area (Å²) in [5, 5.41) is 10.2. The second-order valence-corrected chi connectivity index (χ2v) is 6.25. The summed E-state index contributed by atoms with van der Waals surface area (Å²) in [5.74, 6) is 0. The average molecular weight is 398 g/mol. The maximum atomic E-state index is 4.76. The predicted octanol–water partition coefficient (Wildman–Crippen LogP) is 4.15.